The highest BCUT2D eigenvalue weighted by Crippen LogP contribution is 2.38. The maximum Gasteiger partial charge on any atom is 0.119 e. The van der Waals surface area contributed by atoms with E-state index in [0.717, 1.165) is 18.2 Å². The first-order valence-electron chi connectivity index (χ1n) is 6.22. The molecule has 1 unspecified atom stereocenters. The fourth-order valence-electron chi connectivity index (χ4n) is 2.38. The first-order valence-corrected chi connectivity index (χ1v) is 6.22. The maximum atomic E-state index is 5.29. The monoisotopic (exact) mass is 219 g/mol. The van der Waals surface area contributed by atoms with Gasteiger partial charge in [0.2, 0.25) is 0 Å². The largest absolute Gasteiger partial charge is 0.497 e. The van der Waals surface area contributed by atoms with E-state index in [0.29, 0.717) is 6.04 Å². The molecule has 0 spiro atoms. The second kappa shape index (κ2) is 5.35. The van der Waals surface area contributed by atoms with Gasteiger partial charge in [-0.15, -0.1) is 0 Å². The Balaban J connectivity index is 2.16. The fraction of sp³-hybridized carbons (Fsp3) is 0.571. The zero-order valence-corrected chi connectivity index (χ0v) is 10.2. The molecule has 0 aromatic heterocycles. The van der Waals surface area contributed by atoms with E-state index >= 15 is 0 Å². The van der Waals surface area contributed by atoms with E-state index < -0.39 is 0 Å². The molecule has 1 fully saturated rings. The van der Waals surface area contributed by atoms with Gasteiger partial charge in [0, 0.05) is 6.04 Å². The average Bonchev–Trinajstić information content (AvgIpc) is 2.26. The van der Waals surface area contributed by atoms with E-state index in [1.54, 1.807) is 7.11 Å². The molecule has 0 heterocycles. The molecular weight excluding hydrogens is 198 g/mol. The minimum Gasteiger partial charge on any atom is -0.497 e. The lowest BCUT2D eigenvalue weighted by atomic mass is 9.77. The van der Waals surface area contributed by atoms with Gasteiger partial charge >= 0.3 is 0 Å². The van der Waals surface area contributed by atoms with Crippen molar-refractivity contribution in [3.63, 3.8) is 0 Å². The summed E-state index contributed by atoms with van der Waals surface area (Å²) in [6, 6.07) is 8.96. The average molecular weight is 219 g/mol. The number of rotatable bonds is 5. The van der Waals surface area contributed by atoms with Crippen LogP contribution in [0.3, 0.4) is 0 Å². The van der Waals surface area contributed by atoms with Crippen LogP contribution in [0.15, 0.2) is 24.3 Å². The topological polar surface area (TPSA) is 21.3 Å². The van der Waals surface area contributed by atoms with Gasteiger partial charge in [0.1, 0.15) is 5.75 Å². The summed E-state index contributed by atoms with van der Waals surface area (Å²) in [5.41, 5.74) is 1.37. The molecule has 88 valence electrons. The lowest BCUT2D eigenvalue weighted by molar-refractivity contribution is 0.233. The molecule has 1 N–H and O–H groups in total. The molecule has 16 heavy (non-hydrogen) atoms. The maximum absolute atomic E-state index is 5.29. The van der Waals surface area contributed by atoms with E-state index in [-0.39, 0.29) is 0 Å². The molecular formula is C14H21NO. The van der Waals surface area contributed by atoms with Crippen molar-refractivity contribution < 1.29 is 4.74 Å². The summed E-state index contributed by atoms with van der Waals surface area (Å²) in [5, 5.41) is 3.60. The van der Waals surface area contributed by atoms with Crippen molar-refractivity contribution >= 4 is 0 Å². The molecule has 1 aliphatic rings. The van der Waals surface area contributed by atoms with Crippen molar-refractivity contribution in [3.8, 4) is 5.75 Å². The summed E-state index contributed by atoms with van der Waals surface area (Å²) in [7, 11) is 1.73. The molecule has 1 saturated carbocycles. The van der Waals surface area contributed by atoms with Gasteiger partial charge in [0.25, 0.3) is 0 Å². The van der Waals surface area contributed by atoms with E-state index in [4.69, 9.17) is 4.74 Å². The highest BCUT2D eigenvalue weighted by molar-refractivity contribution is 5.31. The smallest absolute Gasteiger partial charge is 0.119 e. The Kier molecular flexibility index (Phi) is 3.83. The fourth-order valence-corrected chi connectivity index (χ4v) is 2.38. The van der Waals surface area contributed by atoms with Crippen LogP contribution in [0.4, 0.5) is 0 Å². The second-order valence-corrected chi connectivity index (χ2v) is 4.50. The molecule has 2 heteroatoms. The van der Waals surface area contributed by atoms with Crippen molar-refractivity contribution in [2.75, 3.05) is 13.7 Å². The Morgan fingerprint density at radius 1 is 1.44 bits per heavy atom. The predicted molar refractivity (Wildman–Crippen MR) is 66.8 cm³/mol. The molecule has 1 aliphatic carbocycles. The number of ether oxygens (including phenoxy) is 1. The third-order valence-corrected chi connectivity index (χ3v) is 3.50. The molecule has 0 saturated heterocycles. The number of hydrogen-bond donors (Lipinski definition) is 1. The summed E-state index contributed by atoms with van der Waals surface area (Å²) in [5.74, 6) is 1.77. The van der Waals surface area contributed by atoms with E-state index in [2.05, 4.69) is 30.4 Å². The minimum atomic E-state index is 0.508. The zero-order chi connectivity index (χ0) is 11.4. The van der Waals surface area contributed by atoms with Crippen LogP contribution >= 0.6 is 0 Å². The van der Waals surface area contributed by atoms with Crippen LogP contribution in [0, 0.1) is 5.92 Å². The normalized spacial score (nSPS) is 17.9. The minimum absolute atomic E-state index is 0.508. The standard InChI is InChI=1S/C14H21NO/c1-3-15-14(11-6-4-7-11)12-8-5-9-13(10-12)16-2/h5,8-11,14-15H,3-4,6-7H2,1-2H3. The molecule has 2 nitrogen and oxygen atoms in total. The highest BCUT2D eigenvalue weighted by atomic mass is 16.5. The molecule has 1 aromatic rings. The molecule has 2 rings (SSSR count). The summed E-state index contributed by atoms with van der Waals surface area (Å²) >= 11 is 0. The van der Waals surface area contributed by atoms with Gasteiger partial charge in [-0.2, -0.15) is 0 Å². The number of hydrogen-bond acceptors (Lipinski definition) is 2. The van der Waals surface area contributed by atoms with Crippen LogP contribution in [0.25, 0.3) is 0 Å². The van der Waals surface area contributed by atoms with Crippen LogP contribution < -0.4 is 10.1 Å². The Bertz CT molecular complexity index is 333. The number of methoxy groups -OCH3 is 1. The molecule has 1 aromatic carbocycles. The Hall–Kier alpha value is -1.02. The van der Waals surface area contributed by atoms with Crippen molar-refractivity contribution in [2.24, 2.45) is 5.92 Å². The van der Waals surface area contributed by atoms with Gasteiger partial charge in [0.05, 0.1) is 7.11 Å². The van der Waals surface area contributed by atoms with Crippen molar-refractivity contribution in [1.82, 2.24) is 5.32 Å². The Morgan fingerprint density at radius 3 is 2.81 bits per heavy atom. The molecule has 1 atom stereocenters. The van der Waals surface area contributed by atoms with Crippen molar-refractivity contribution in [1.29, 1.82) is 0 Å². The van der Waals surface area contributed by atoms with Crippen LogP contribution in [0.2, 0.25) is 0 Å². The number of benzene rings is 1. The van der Waals surface area contributed by atoms with Gasteiger partial charge < -0.3 is 10.1 Å². The van der Waals surface area contributed by atoms with Gasteiger partial charge in [-0.05, 0) is 43.0 Å². The Morgan fingerprint density at radius 2 is 2.25 bits per heavy atom. The molecule has 0 amide bonds. The predicted octanol–water partition coefficient (Wildman–Crippen LogP) is 3.15. The van der Waals surface area contributed by atoms with Gasteiger partial charge in [-0.3, -0.25) is 0 Å². The Labute approximate surface area is 98.0 Å². The summed E-state index contributed by atoms with van der Waals surface area (Å²) in [6.45, 7) is 3.20. The van der Waals surface area contributed by atoms with Crippen LogP contribution in [-0.2, 0) is 0 Å². The summed E-state index contributed by atoms with van der Waals surface area (Å²) < 4.78 is 5.29. The lowest BCUT2D eigenvalue weighted by Crippen LogP contribution is -2.32. The molecule has 0 radical (unpaired) electrons. The zero-order valence-electron chi connectivity index (χ0n) is 10.2. The van der Waals surface area contributed by atoms with Crippen molar-refractivity contribution in [2.45, 2.75) is 32.2 Å². The van der Waals surface area contributed by atoms with Gasteiger partial charge in [-0.25, -0.2) is 0 Å². The molecule has 0 bridgehead atoms. The van der Waals surface area contributed by atoms with Gasteiger partial charge in [0.15, 0.2) is 0 Å². The van der Waals surface area contributed by atoms with Crippen LogP contribution in [0.5, 0.6) is 5.75 Å². The first-order chi connectivity index (χ1) is 7.85. The summed E-state index contributed by atoms with van der Waals surface area (Å²) in [4.78, 5) is 0. The summed E-state index contributed by atoms with van der Waals surface area (Å²) in [6.07, 6.45) is 4.10. The quantitative estimate of drug-likeness (QED) is 0.821. The number of nitrogens with one attached hydrogen (secondary N) is 1. The van der Waals surface area contributed by atoms with E-state index in [9.17, 15) is 0 Å². The van der Waals surface area contributed by atoms with E-state index in [1.165, 1.54) is 24.8 Å². The lowest BCUT2D eigenvalue weighted by Gasteiger charge is -2.34. The highest BCUT2D eigenvalue weighted by Gasteiger charge is 2.27. The van der Waals surface area contributed by atoms with Crippen molar-refractivity contribution in [3.05, 3.63) is 29.8 Å². The SMILES string of the molecule is CCNC(c1cccc(OC)c1)C1CCC1. The second-order valence-electron chi connectivity index (χ2n) is 4.50. The third kappa shape index (κ3) is 2.38. The van der Waals surface area contributed by atoms with Crippen LogP contribution in [-0.4, -0.2) is 13.7 Å². The first kappa shape index (κ1) is 11.5. The van der Waals surface area contributed by atoms with E-state index in [1.807, 2.05) is 6.07 Å². The van der Waals surface area contributed by atoms with Gasteiger partial charge in [-0.1, -0.05) is 25.5 Å². The van der Waals surface area contributed by atoms with Crippen LogP contribution in [0.1, 0.15) is 37.8 Å². The third-order valence-electron chi connectivity index (χ3n) is 3.50. The molecule has 0 aliphatic heterocycles.